The Morgan fingerprint density at radius 2 is 2.33 bits per heavy atom. The molecule has 0 aliphatic rings. The molecule has 0 amide bonds. The molecule has 0 saturated heterocycles. The molecule has 18 heavy (non-hydrogen) atoms. The predicted molar refractivity (Wildman–Crippen MR) is 67.1 cm³/mol. The molecule has 1 N–H and O–H groups in total. The van der Waals surface area contributed by atoms with E-state index < -0.39 is 0 Å². The molecule has 0 aliphatic carbocycles. The lowest BCUT2D eigenvalue weighted by Crippen LogP contribution is -2.21. The Kier molecular flexibility index (Phi) is 7.05. The maximum Gasteiger partial charge on any atom is 0.305 e. The van der Waals surface area contributed by atoms with Crippen molar-refractivity contribution in [3.63, 3.8) is 0 Å². The molecule has 0 unspecified atom stereocenters. The summed E-state index contributed by atoms with van der Waals surface area (Å²) < 4.78 is 11.6. The highest BCUT2D eigenvalue weighted by Gasteiger charge is 2.04. The number of carbonyl (C=O) groups is 1. The standard InChI is InChI=1S/C12H21N3O3/c1-17-9-6-13-10-11-14-5-8-15(11)7-3-4-12(16)18-2/h5,8,13H,3-4,6-7,9-10H2,1-2H3. The number of methoxy groups -OCH3 is 2. The molecular weight excluding hydrogens is 234 g/mol. The number of nitrogens with zero attached hydrogens (tertiary/aromatic N) is 2. The summed E-state index contributed by atoms with van der Waals surface area (Å²) in [5, 5.41) is 3.24. The molecule has 1 rings (SSSR count). The van der Waals surface area contributed by atoms with Crippen molar-refractivity contribution in [1.82, 2.24) is 14.9 Å². The number of ether oxygens (including phenoxy) is 2. The molecule has 1 aromatic rings. The first kappa shape index (κ1) is 14.7. The zero-order valence-corrected chi connectivity index (χ0v) is 11.0. The van der Waals surface area contributed by atoms with Gasteiger partial charge in [0.1, 0.15) is 5.82 Å². The Balaban J connectivity index is 2.28. The minimum atomic E-state index is -0.171. The van der Waals surface area contributed by atoms with Crippen LogP contribution < -0.4 is 5.32 Å². The van der Waals surface area contributed by atoms with Crippen molar-refractivity contribution in [3.8, 4) is 0 Å². The summed E-state index contributed by atoms with van der Waals surface area (Å²) in [6.07, 6.45) is 4.88. The fourth-order valence-electron chi connectivity index (χ4n) is 1.58. The van der Waals surface area contributed by atoms with Crippen LogP contribution in [0.2, 0.25) is 0 Å². The normalized spacial score (nSPS) is 10.6. The second kappa shape index (κ2) is 8.66. The number of aryl methyl sites for hydroxylation is 1. The Morgan fingerprint density at radius 1 is 1.50 bits per heavy atom. The fraction of sp³-hybridized carbons (Fsp3) is 0.667. The van der Waals surface area contributed by atoms with Crippen molar-refractivity contribution in [1.29, 1.82) is 0 Å². The number of esters is 1. The first-order valence-corrected chi connectivity index (χ1v) is 6.04. The number of imidazole rings is 1. The summed E-state index contributed by atoms with van der Waals surface area (Å²) in [5.74, 6) is 0.797. The molecular formula is C12H21N3O3. The summed E-state index contributed by atoms with van der Waals surface area (Å²) in [4.78, 5) is 15.3. The van der Waals surface area contributed by atoms with Crippen LogP contribution in [-0.4, -0.2) is 42.9 Å². The van der Waals surface area contributed by atoms with E-state index in [-0.39, 0.29) is 5.97 Å². The molecule has 0 saturated carbocycles. The van der Waals surface area contributed by atoms with Gasteiger partial charge in [0, 0.05) is 39.0 Å². The number of nitrogens with one attached hydrogen (secondary N) is 1. The first-order valence-electron chi connectivity index (χ1n) is 6.04. The molecule has 0 radical (unpaired) electrons. The highest BCUT2D eigenvalue weighted by molar-refractivity contribution is 5.68. The van der Waals surface area contributed by atoms with Crippen LogP contribution in [0.3, 0.4) is 0 Å². The number of hydrogen-bond donors (Lipinski definition) is 1. The van der Waals surface area contributed by atoms with E-state index in [0.29, 0.717) is 19.6 Å². The van der Waals surface area contributed by atoms with Crippen molar-refractivity contribution in [2.45, 2.75) is 25.9 Å². The predicted octanol–water partition coefficient (Wildman–Crippen LogP) is 0.572. The largest absolute Gasteiger partial charge is 0.469 e. The van der Waals surface area contributed by atoms with Crippen LogP contribution in [-0.2, 0) is 27.4 Å². The van der Waals surface area contributed by atoms with E-state index in [4.69, 9.17) is 4.74 Å². The van der Waals surface area contributed by atoms with E-state index in [1.807, 2.05) is 10.8 Å². The number of carbonyl (C=O) groups excluding carboxylic acids is 1. The van der Waals surface area contributed by atoms with Crippen LogP contribution in [0.5, 0.6) is 0 Å². The summed E-state index contributed by atoms with van der Waals surface area (Å²) in [5.41, 5.74) is 0. The van der Waals surface area contributed by atoms with Crippen molar-refractivity contribution in [2.24, 2.45) is 0 Å². The van der Waals surface area contributed by atoms with E-state index in [0.717, 1.165) is 25.3 Å². The van der Waals surface area contributed by atoms with Gasteiger partial charge in [-0.2, -0.15) is 0 Å². The third kappa shape index (κ3) is 5.29. The summed E-state index contributed by atoms with van der Waals surface area (Å²) in [6.45, 7) is 2.96. The molecule has 1 aromatic heterocycles. The fourth-order valence-corrected chi connectivity index (χ4v) is 1.58. The minimum Gasteiger partial charge on any atom is -0.469 e. The van der Waals surface area contributed by atoms with E-state index in [9.17, 15) is 4.79 Å². The van der Waals surface area contributed by atoms with Crippen LogP contribution >= 0.6 is 0 Å². The average molecular weight is 255 g/mol. The van der Waals surface area contributed by atoms with Gasteiger partial charge < -0.3 is 19.4 Å². The lowest BCUT2D eigenvalue weighted by molar-refractivity contribution is -0.140. The second-order valence-corrected chi connectivity index (χ2v) is 3.89. The van der Waals surface area contributed by atoms with Crippen molar-refractivity contribution in [2.75, 3.05) is 27.4 Å². The molecule has 0 aliphatic heterocycles. The van der Waals surface area contributed by atoms with Gasteiger partial charge >= 0.3 is 5.97 Å². The van der Waals surface area contributed by atoms with Gasteiger partial charge in [-0.05, 0) is 6.42 Å². The molecule has 102 valence electrons. The smallest absolute Gasteiger partial charge is 0.305 e. The zero-order chi connectivity index (χ0) is 13.2. The highest BCUT2D eigenvalue weighted by Crippen LogP contribution is 2.02. The van der Waals surface area contributed by atoms with E-state index in [1.54, 1.807) is 13.3 Å². The van der Waals surface area contributed by atoms with Gasteiger partial charge in [-0.15, -0.1) is 0 Å². The highest BCUT2D eigenvalue weighted by atomic mass is 16.5. The summed E-state index contributed by atoms with van der Waals surface area (Å²) >= 11 is 0. The number of hydrogen-bond acceptors (Lipinski definition) is 5. The van der Waals surface area contributed by atoms with E-state index in [2.05, 4.69) is 15.0 Å². The third-order valence-corrected chi connectivity index (χ3v) is 2.58. The Labute approximate surface area is 107 Å². The molecule has 0 aromatic carbocycles. The molecule has 6 nitrogen and oxygen atoms in total. The lowest BCUT2D eigenvalue weighted by atomic mass is 10.3. The number of aromatic nitrogens is 2. The van der Waals surface area contributed by atoms with Gasteiger partial charge in [0.25, 0.3) is 0 Å². The first-order chi connectivity index (χ1) is 8.77. The Hall–Kier alpha value is -1.40. The summed E-state index contributed by atoms with van der Waals surface area (Å²) in [6, 6.07) is 0. The van der Waals surface area contributed by atoms with E-state index in [1.165, 1.54) is 7.11 Å². The van der Waals surface area contributed by atoms with Crippen molar-refractivity contribution < 1.29 is 14.3 Å². The molecule has 1 heterocycles. The zero-order valence-electron chi connectivity index (χ0n) is 11.0. The summed E-state index contributed by atoms with van der Waals surface area (Å²) in [7, 11) is 3.08. The van der Waals surface area contributed by atoms with Gasteiger partial charge in [-0.3, -0.25) is 4.79 Å². The maximum atomic E-state index is 11.0. The number of rotatable bonds is 9. The van der Waals surface area contributed by atoms with Gasteiger partial charge in [0.05, 0.1) is 20.3 Å². The molecule has 6 heteroatoms. The Bertz CT molecular complexity index is 352. The topological polar surface area (TPSA) is 65.4 Å². The van der Waals surface area contributed by atoms with Gasteiger partial charge in [-0.25, -0.2) is 4.98 Å². The van der Waals surface area contributed by atoms with Crippen LogP contribution in [0.15, 0.2) is 12.4 Å². The third-order valence-electron chi connectivity index (χ3n) is 2.58. The van der Waals surface area contributed by atoms with Crippen LogP contribution in [0, 0.1) is 0 Å². The van der Waals surface area contributed by atoms with E-state index >= 15 is 0 Å². The lowest BCUT2D eigenvalue weighted by Gasteiger charge is -2.08. The maximum absolute atomic E-state index is 11.0. The Morgan fingerprint density at radius 3 is 3.06 bits per heavy atom. The van der Waals surface area contributed by atoms with Crippen molar-refractivity contribution >= 4 is 5.97 Å². The average Bonchev–Trinajstić information content (AvgIpc) is 2.82. The van der Waals surface area contributed by atoms with Crippen LogP contribution in [0.4, 0.5) is 0 Å². The molecule has 0 spiro atoms. The molecule has 0 bridgehead atoms. The van der Waals surface area contributed by atoms with Gasteiger partial charge in [-0.1, -0.05) is 0 Å². The van der Waals surface area contributed by atoms with Crippen LogP contribution in [0.1, 0.15) is 18.7 Å². The molecule has 0 fully saturated rings. The van der Waals surface area contributed by atoms with Gasteiger partial charge in [0.2, 0.25) is 0 Å². The molecule has 0 atom stereocenters. The monoisotopic (exact) mass is 255 g/mol. The van der Waals surface area contributed by atoms with Gasteiger partial charge in [0.15, 0.2) is 0 Å². The quantitative estimate of drug-likeness (QED) is 0.516. The second-order valence-electron chi connectivity index (χ2n) is 3.89. The van der Waals surface area contributed by atoms with Crippen LogP contribution in [0.25, 0.3) is 0 Å². The minimum absolute atomic E-state index is 0.171. The van der Waals surface area contributed by atoms with Crippen molar-refractivity contribution in [3.05, 3.63) is 18.2 Å². The SMILES string of the molecule is COCCNCc1nccn1CCCC(=O)OC.